The molecule has 0 bridgehead atoms. The van der Waals surface area contributed by atoms with Crippen molar-refractivity contribution in [3.05, 3.63) is 9.98 Å². The Kier molecular flexibility index (Phi) is 4.50. The molecule has 0 fully saturated rings. The molecule has 0 saturated heterocycles. The lowest BCUT2D eigenvalue weighted by Gasteiger charge is -2.10. The molecule has 4 nitrogen and oxygen atoms in total. The molecule has 1 atom stereocenters. The molecule has 0 aliphatic rings. The Morgan fingerprint density at radius 1 is 1.86 bits per heavy atom. The molecule has 0 aromatic carbocycles. The van der Waals surface area contributed by atoms with Gasteiger partial charge in [0, 0.05) is 6.54 Å². The third kappa shape index (κ3) is 3.04. The Bertz CT molecular complexity index is 311. The van der Waals surface area contributed by atoms with Gasteiger partial charge in [-0.15, -0.1) is 0 Å². The van der Waals surface area contributed by atoms with Crippen LogP contribution in [0.25, 0.3) is 0 Å². The summed E-state index contributed by atoms with van der Waals surface area (Å²) in [6, 6.07) is 0. The molecule has 0 saturated carbocycles. The molecule has 3 N–H and O–H groups in total. The van der Waals surface area contributed by atoms with E-state index in [2.05, 4.69) is 26.2 Å². The van der Waals surface area contributed by atoms with Gasteiger partial charge in [0.2, 0.25) is 5.91 Å². The zero-order chi connectivity index (χ0) is 10.6. The minimum absolute atomic E-state index is 0.0585. The van der Waals surface area contributed by atoms with E-state index in [0.717, 1.165) is 10.2 Å². The highest BCUT2D eigenvalue weighted by Crippen LogP contribution is 2.23. The summed E-state index contributed by atoms with van der Waals surface area (Å²) < 4.78 is 0.897. The number of aromatic nitrogens is 1. The van der Waals surface area contributed by atoms with E-state index in [-0.39, 0.29) is 11.8 Å². The van der Waals surface area contributed by atoms with Crippen LogP contribution in [-0.2, 0) is 4.79 Å². The van der Waals surface area contributed by atoms with E-state index in [1.165, 1.54) is 11.3 Å². The van der Waals surface area contributed by atoms with Crippen molar-refractivity contribution in [1.29, 1.82) is 0 Å². The monoisotopic (exact) mass is 277 g/mol. The molecule has 0 spiro atoms. The van der Waals surface area contributed by atoms with Crippen LogP contribution in [0.5, 0.6) is 0 Å². The minimum Gasteiger partial charge on any atom is -0.330 e. The second kappa shape index (κ2) is 5.43. The van der Waals surface area contributed by atoms with Gasteiger partial charge in [0.15, 0.2) is 5.13 Å². The van der Waals surface area contributed by atoms with Gasteiger partial charge in [-0.1, -0.05) is 18.3 Å². The van der Waals surface area contributed by atoms with Crippen molar-refractivity contribution >= 4 is 38.3 Å². The highest BCUT2D eigenvalue weighted by Gasteiger charge is 2.15. The maximum Gasteiger partial charge on any atom is 0.230 e. The summed E-state index contributed by atoms with van der Waals surface area (Å²) in [4.78, 5) is 15.5. The molecule has 0 aliphatic heterocycles. The number of nitrogens with zero attached hydrogens (tertiary/aromatic N) is 1. The van der Waals surface area contributed by atoms with Gasteiger partial charge in [-0.25, -0.2) is 4.98 Å². The Morgan fingerprint density at radius 2 is 2.57 bits per heavy atom. The zero-order valence-corrected chi connectivity index (χ0v) is 10.2. The van der Waals surface area contributed by atoms with Gasteiger partial charge >= 0.3 is 0 Å². The normalized spacial score (nSPS) is 12.5. The molecule has 1 rings (SSSR count). The van der Waals surface area contributed by atoms with Crippen LogP contribution in [0.1, 0.15) is 13.3 Å². The zero-order valence-electron chi connectivity index (χ0n) is 7.79. The predicted octanol–water partition coefficient (Wildman–Crippen LogP) is 1.83. The average molecular weight is 278 g/mol. The van der Waals surface area contributed by atoms with Crippen LogP contribution in [0.15, 0.2) is 9.98 Å². The van der Waals surface area contributed by atoms with Crippen molar-refractivity contribution in [2.45, 2.75) is 13.3 Å². The minimum atomic E-state index is -0.127. The summed E-state index contributed by atoms with van der Waals surface area (Å²) >= 11 is 4.66. The standard InChI is InChI=1S/C8H12BrN3OS/c1-2-5(3-10)7(13)12-8-11-4-6(9)14-8/h4-5H,2-3,10H2,1H3,(H,11,12,13). The van der Waals surface area contributed by atoms with Crippen molar-refractivity contribution in [1.82, 2.24) is 4.98 Å². The Hall–Kier alpha value is -0.460. The fourth-order valence-electron chi connectivity index (χ4n) is 0.979. The number of amides is 1. The third-order valence-electron chi connectivity index (χ3n) is 1.86. The summed E-state index contributed by atoms with van der Waals surface area (Å²) in [7, 11) is 0. The summed E-state index contributed by atoms with van der Waals surface area (Å²) in [5.74, 6) is -0.186. The second-order valence-electron chi connectivity index (χ2n) is 2.80. The van der Waals surface area contributed by atoms with Crippen molar-refractivity contribution in [2.75, 3.05) is 11.9 Å². The fourth-order valence-corrected chi connectivity index (χ4v) is 2.09. The summed E-state index contributed by atoms with van der Waals surface area (Å²) in [6.45, 7) is 2.31. The first-order chi connectivity index (χ1) is 6.67. The number of carbonyl (C=O) groups is 1. The third-order valence-corrected chi connectivity index (χ3v) is 3.25. The Morgan fingerprint density at radius 3 is 3.00 bits per heavy atom. The van der Waals surface area contributed by atoms with E-state index < -0.39 is 0 Å². The van der Waals surface area contributed by atoms with Crippen LogP contribution in [0, 0.1) is 5.92 Å². The number of rotatable bonds is 4. The van der Waals surface area contributed by atoms with Gasteiger partial charge in [-0.2, -0.15) is 0 Å². The molecular formula is C8H12BrN3OS. The number of thiazole rings is 1. The maximum atomic E-state index is 11.5. The molecule has 14 heavy (non-hydrogen) atoms. The van der Waals surface area contributed by atoms with Crippen LogP contribution < -0.4 is 11.1 Å². The first-order valence-corrected chi connectivity index (χ1v) is 5.90. The Balaban J connectivity index is 2.56. The van der Waals surface area contributed by atoms with Crippen LogP contribution >= 0.6 is 27.3 Å². The topological polar surface area (TPSA) is 68.0 Å². The lowest BCUT2D eigenvalue weighted by Crippen LogP contribution is -2.28. The molecule has 1 unspecified atom stereocenters. The van der Waals surface area contributed by atoms with E-state index in [4.69, 9.17) is 5.73 Å². The van der Waals surface area contributed by atoms with Gasteiger partial charge in [0.05, 0.1) is 15.9 Å². The molecule has 0 aliphatic carbocycles. The lowest BCUT2D eigenvalue weighted by molar-refractivity contribution is -0.119. The summed E-state index contributed by atoms with van der Waals surface area (Å²) in [5, 5.41) is 3.33. The number of carbonyl (C=O) groups excluding carboxylic acids is 1. The predicted molar refractivity (Wildman–Crippen MR) is 61.3 cm³/mol. The SMILES string of the molecule is CCC(CN)C(=O)Nc1ncc(Br)s1. The van der Waals surface area contributed by atoms with E-state index >= 15 is 0 Å². The van der Waals surface area contributed by atoms with E-state index in [9.17, 15) is 4.79 Å². The molecule has 6 heteroatoms. The summed E-state index contributed by atoms with van der Waals surface area (Å²) in [5.41, 5.74) is 5.46. The van der Waals surface area contributed by atoms with E-state index in [1.54, 1.807) is 6.20 Å². The number of hydrogen-bond acceptors (Lipinski definition) is 4. The van der Waals surface area contributed by atoms with Crippen molar-refractivity contribution in [2.24, 2.45) is 11.7 Å². The number of anilines is 1. The highest BCUT2D eigenvalue weighted by molar-refractivity contribution is 9.11. The van der Waals surface area contributed by atoms with Gasteiger partial charge in [-0.05, 0) is 22.4 Å². The smallest absolute Gasteiger partial charge is 0.230 e. The van der Waals surface area contributed by atoms with Crippen molar-refractivity contribution in [3.63, 3.8) is 0 Å². The van der Waals surface area contributed by atoms with Crippen molar-refractivity contribution in [3.8, 4) is 0 Å². The first kappa shape index (κ1) is 11.6. The Labute approximate surface area is 95.0 Å². The molecule has 1 heterocycles. The fraction of sp³-hybridized carbons (Fsp3) is 0.500. The number of halogens is 1. The van der Waals surface area contributed by atoms with Gasteiger partial charge in [0.1, 0.15) is 0 Å². The molecule has 78 valence electrons. The van der Waals surface area contributed by atoms with E-state index in [1.807, 2.05) is 6.92 Å². The number of nitrogens with two attached hydrogens (primary N) is 1. The lowest BCUT2D eigenvalue weighted by atomic mass is 10.1. The second-order valence-corrected chi connectivity index (χ2v) is 5.21. The van der Waals surface area contributed by atoms with Gasteiger partial charge in [0.25, 0.3) is 0 Å². The van der Waals surface area contributed by atoms with E-state index in [0.29, 0.717) is 11.7 Å². The van der Waals surface area contributed by atoms with Gasteiger partial charge in [-0.3, -0.25) is 4.79 Å². The molecule has 1 amide bonds. The molecular weight excluding hydrogens is 266 g/mol. The van der Waals surface area contributed by atoms with Crippen LogP contribution in [0.2, 0.25) is 0 Å². The summed E-state index contributed by atoms with van der Waals surface area (Å²) in [6.07, 6.45) is 2.40. The van der Waals surface area contributed by atoms with Crippen LogP contribution in [-0.4, -0.2) is 17.4 Å². The maximum absolute atomic E-state index is 11.5. The van der Waals surface area contributed by atoms with Crippen molar-refractivity contribution < 1.29 is 4.79 Å². The van der Waals surface area contributed by atoms with Gasteiger partial charge < -0.3 is 11.1 Å². The van der Waals surface area contributed by atoms with Crippen LogP contribution in [0.3, 0.4) is 0 Å². The first-order valence-electron chi connectivity index (χ1n) is 4.29. The largest absolute Gasteiger partial charge is 0.330 e. The average Bonchev–Trinajstić information content (AvgIpc) is 2.53. The highest BCUT2D eigenvalue weighted by atomic mass is 79.9. The molecule has 0 radical (unpaired) electrons. The molecule has 1 aromatic heterocycles. The number of hydrogen-bond donors (Lipinski definition) is 2. The quantitative estimate of drug-likeness (QED) is 0.882. The number of nitrogens with one attached hydrogen (secondary N) is 1. The molecule has 1 aromatic rings. The van der Waals surface area contributed by atoms with Crippen LogP contribution in [0.4, 0.5) is 5.13 Å².